The number of hydrogen-bond acceptors (Lipinski definition) is 3. The molecule has 5 nitrogen and oxygen atoms in total. The summed E-state index contributed by atoms with van der Waals surface area (Å²) in [6.45, 7) is 7.18. The molecule has 1 aromatic rings. The summed E-state index contributed by atoms with van der Waals surface area (Å²) >= 11 is 5.82. The zero-order valence-corrected chi connectivity index (χ0v) is 14.0. The summed E-state index contributed by atoms with van der Waals surface area (Å²) in [5.74, 6) is 0.151. The van der Waals surface area contributed by atoms with Crippen molar-refractivity contribution in [3.63, 3.8) is 0 Å². The first-order chi connectivity index (χ1) is 9.70. The maximum absolute atomic E-state index is 12.5. The van der Waals surface area contributed by atoms with E-state index in [0.29, 0.717) is 19.0 Å². The second-order valence-corrected chi connectivity index (χ2v) is 6.98. The number of carbonyl (C=O) groups excluding carboxylic acids is 1. The van der Waals surface area contributed by atoms with E-state index in [1.165, 1.54) is 18.2 Å². The lowest BCUT2D eigenvalue weighted by Crippen LogP contribution is -2.34. The van der Waals surface area contributed by atoms with Gasteiger partial charge in [-0.2, -0.15) is 0 Å². The van der Waals surface area contributed by atoms with Crippen LogP contribution in [0.1, 0.15) is 37.6 Å². The number of sulfonamides is 1. The van der Waals surface area contributed by atoms with Gasteiger partial charge in [0.1, 0.15) is 4.90 Å². The third kappa shape index (κ3) is 4.69. The van der Waals surface area contributed by atoms with Crippen LogP contribution in [0.5, 0.6) is 0 Å². The molecule has 0 heterocycles. The lowest BCUT2D eigenvalue weighted by molar-refractivity contribution is 0.0740. The van der Waals surface area contributed by atoms with E-state index < -0.39 is 10.0 Å². The van der Waals surface area contributed by atoms with Crippen LogP contribution >= 0.6 is 11.6 Å². The first-order valence-corrected chi connectivity index (χ1v) is 8.74. The first kappa shape index (κ1) is 17.9. The molecule has 0 aliphatic carbocycles. The van der Waals surface area contributed by atoms with Crippen LogP contribution in [0.3, 0.4) is 0 Å². The van der Waals surface area contributed by atoms with Gasteiger partial charge in [-0.25, -0.2) is 13.6 Å². The van der Waals surface area contributed by atoms with Gasteiger partial charge in [0, 0.05) is 18.7 Å². The Morgan fingerprint density at radius 1 is 1.38 bits per heavy atom. The number of nitrogens with zero attached hydrogens (tertiary/aromatic N) is 1. The van der Waals surface area contributed by atoms with Crippen LogP contribution in [0.15, 0.2) is 23.1 Å². The van der Waals surface area contributed by atoms with Crippen molar-refractivity contribution >= 4 is 27.5 Å². The summed E-state index contributed by atoms with van der Waals surface area (Å²) in [4.78, 5) is 13.9. The lowest BCUT2D eigenvalue weighted by atomic mass is 10.1. The molecule has 1 rings (SSSR count). The Morgan fingerprint density at radius 3 is 2.48 bits per heavy atom. The fourth-order valence-electron chi connectivity index (χ4n) is 1.90. The molecule has 21 heavy (non-hydrogen) atoms. The Labute approximate surface area is 131 Å². The van der Waals surface area contributed by atoms with Gasteiger partial charge < -0.3 is 4.90 Å². The first-order valence-electron chi connectivity index (χ1n) is 6.82. The fraction of sp³-hybridized carbons (Fsp3) is 0.500. The van der Waals surface area contributed by atoms with E-state index in [0.717, 1.165) is 6.42 Å². The van der Waals surface area contributed by atoms with Crippen molar-refractivity contribution in [1.82, 2.24) is 4.90 Å². The van der Waals surface area contributed by atoms with Gasteiger partial charge in [0.25, 0.3) is 5.91 Å². The zero-order chi connectivity index (χ0) is 16.2. The average Bonchev–Trinajstić information content (AvgIpc) is 2.42. The van der Waals surface area contributed by atoms with Gasteiger partial charge in [0.2, 0.25) is 10.0 Å². The Balaban J connectivity index is 3.12. The number of carbonyl (C=O) groups is 1. The molecule has 0 saturated carbocycles. The molecule has 1 unspecified atom stereocenters. The van der Waals surface area contributed by atoms with Crippen LogP contribution in [-0.2, 0) is 10.0 Å². The molecule has 0 aliphatic heterocycles. The average molecular weight is 333 g/mol. The number of amides is 1. The number of benzene rings is 1. The van der Waals surface area contributed by atoms with Crippen LogP contribution in [-0.4, -0.2) is 32.3 Å². The van der Waals surface area contributed by atoms with E-state index in [4.69, 9.17) is 16.7 Å². The van der Waals surface area contributed by atoms with Gasteiger partial charge in [-0.15, -0.1) is 0 Å². The van der Waals surface area contributed by atoms with Gasteiger partial charge in [-0.3, -0.25) is 4.79 Å². The second kappa shape index (κ2) is 7.24. The minimum atomic E-state index is -3.95. The second-order valence-electron chi connectivity index (χ2n) is 5.05. The Hall–Kier alpha value is -1.11. The molecule has 0 fully saturated rings. The van der Waals surface area contributed by atoms with E-state index in [2.05, 4.69) is 13.8 Å². The Bertz CT molecular complexity index is 617. The highest BCUT2D eigenvalue weighted by atomic mass is 35.5. The summed E-state index contributed by atoms with van der Waals surface area (Å²) in [5, 5.41) is 5.11. The van der Waals surface area contributed by atoms with Crippen molar-refractivity contribution in [3.8, 4) is 0 Å². The molecule has 0 spiro atoms. The van der Waals surface area contributed by atoms with Crippen LogP contribution in [0.4, 0.5) is 0 Å². The van der Waals surface area contributed by atoms with Crippen LogP contribution in [0, 0.1) is 5.92 Å². The molecule has 7 heteroatoms. The van der Waals surface area contributed by atoms with Crippen LogP contribution in [0.25, 0.3) is 0 Å². The Morgan fingerprint density at radius 2 is 2.00 bits per heavy atom. The minimum absolute atomic E-state index is 0.0130. The molecule has 0 saturated heterocycles. The van der Waals surface area contributed by atoms with Gasteiger partial charge >= 0.3 is 0 Å². The monoisotopic (exact) mass is 332 g/mol. The molecular formula is C14H21ClN2O3S. The molecule has 0 radical (unpaired) electrons. The highest BCUT2D eigenvalue weighted by molar-refractivity contribution is 7.89. The molecular weight excluding hydrogens is 312 g/mol. The van der Waals surface area contributed by atoms with Crippen molar-refractivity contribution in [2.45, 2.75) is 32.1 Å². The highest BCUT2D eigenvalue weighted by Gasteiger charge is 2.20. The topological polar surface area (TPSA) is 80.5 Å². The predicted octanol–water partition coefficient (Wildman–Crippen LogP) is 2.50. The Kier molecular flexibility index (Phi) is 6.19. The number of rotatable bonds is 6. The third-order valence-corrected chi connectivity index (χ3v) is 4.78. The van der Waals surface area contributed by atoms with E-state index >= 15 is 0 Å². The maximum atomic E-state index is 12.5. The van der Waals surface area contributed by atoms with E-state index in [9.17, 15) is 13.2 Å². The molecule has 0 aliphatic rings. The van der Waals surface area contributed by atoms with E-state index in [1.807, 2.05) is 6.92 Å². The minimum Gasteiger partial charge on any atom is -0.339 e. The third-order valence-electron chi connectivity index (χ3n) is 3.38. The van der Waals surface area contributed by atoms with Gasteiger partial charge in [-0.1, -0.05) is 31.9 Å². The zero-order valence-electron chi connectivity index (χ0n) is 12.5. The maximum Gasteiger partial charge on any atom is 0.253 e. The molecule has 0 bridgehead atoms. The number of primary sulfonamides is 1. The summed E-state index contributed by atoms with van der Waals surface area (Å²) in [5.41, 5.74) is 0.272. The molecule has 2 N–H and O–H groups in total. The van der Waals surface area contributed by atoms with Crippen molar-refractivity contribution in [3.05, 3.63) is 28.8 Å². The molecule has 0 aromatic heterocycles. The summed E-state index contributed by atoms with van der Waals surface area (Å²) in [7, 11) is -3.95. The molecule has 1 atom stereocenters. The van der Waals surface area contributed by atoms with Gasteiger partial charge in [0.15, 0.2) is 0 Å². The van der Waals surface area contributed by atoms with Crippen LogP contribution < -0.4 is 5.14 Å². The number of nitrogens with two attached hydrogens (primary N) is 1. The van der Waals surface area contributed by atoms with Crippen molar-refractivity contribution in [1.29, 1.82) is 0 Å². The van der Waals surface area contributed by atoms with Crippen molar-refractivity contribution < 1.29 is 13.2 Å². The lowest BCUT2D eigenvalue weighted by Gasteiger charge is -2.24. The summed E-state index contributed by atoms with van der Waals surface area (Å²) in [6, 6.07) is 4.13. The molecule has 1 aromatic carbocycles. The van der Waals surface area contributed by atoms with E-state index in [1.54, 1.807) is 4.90 Å². The van der Waals surface area contributed by atoms with Crippen LogP contribution in [0.2, 0.25) is 5.02 Å². The quantitative estimate of drug-likeness (QED) is 0.869. The standard InChI is InChI=1S/C14H21ClN2O3S/c1-4-10(3)9-17(5-2)14(18)11-6-7-12(15)13(8-11)21(16,19)20/h6-8,10H,4-5,9H2,1-3H3,(H2,16,19,20). The smallest absolute Gasteiger partial charge is 0.253 e. The van der Waals surface area contributed by atoms with E-state index in [-0.39, 0.29) is 21.4 Å². The van der Waals surface area contributed by atoms with Gasteiger partial charge in [-0.05, 0) is 31.0 Å². The molecule has 1 amide bonds. The summed E-state index contributed by atoms with van der Waals surface area (Å²) in [6.07, 6.45) is 0.965. The van der Waals surface area contributed by atoms with Crippen molar-refractivity contribution in [2.75, 3.05) is 13.1 Å². The fourth-order valence-corrected chi connectivity index (χ4v) is 2.97. The summed E-state index contributed by atoms with van der Waals surface area (Å²) < 4.78 is 22.9. The van der Waals surface area contributed by atoms with Crippen molar-refractivity contribution in [2.24, 2.45) is 11.1 Å². The largest absolute Gasteiger partial charge is 0.339 e. The predicted molar refractivity (Wildman–Crippen MR) is 83.9 cm³/mol. The van der Waals surface area contributed by atoms with Gasteiger partial charge in [0.05, 0.1) is 5.02 Å². The molecule has 118 valence electrons. The highest BCUT2D eigenvalue weighted by Crippen LogP contribution is 2.22. The SMILES string of the molecule is CCC(C)CN(CC)C(=O)c1ccc(Cl)c(S(N)(=O)=O)c1. The number of halogens is 1. The number of hydrogen-bond donors (Lipinski definition) is 1. The normalized spacial score (nSPS) is 13.0.